The molecular formula is C22H24N4O5S. The summed E-state index contributed by atoms with van der Waals surface area (Å²) in [5.74, 6) is 7.25. The number of carbonyl (C=O) groups excluding carboxylic acids is 1. The Bertz CT molecular complexity index is 1060. The molecule has 0 aliphatic carbocycles. The van der Waals surface area contributed by atoms with E-state index in [4.69, 9.17) is 37.0 Å². The van der Waals surface area contributed by atoms with Crippen LogP contribution in [0.2, 0.25) is 0 Å². The highest BCUT2D eigenvalue weighted by molar-refractivity contribution is 7.80. The zero-order valence-electron chi connectivity index (χ0n) is 18.1. The van der Waals surface area contributed by atoms with Crippen LogP contribution in [0.5, 0.6) is 23.0 Å². The van der Waals surface area contributed by atoms with E-state index < -0.39 is 0 Å². The van der Waals surface area contributed by atoms with Gasteiger partial charge in [-0.1, -0.05) is 0 Å². The van der Waals surface area contributed by atoms with E-state index in [0.29, 0.717) is 39.8 Å². The normalized spacial score (nSPS) is 14.4. The number of hydrogen-bond acceptors (Lipinski definition) is 7. The highest BCUT2D eigenvalue weighted by atomic mass is 32.1. The fourth-order valence-electron chi connectivity index (χ4n) is 3.17. The summed E-state index contributed by atoms with van der Waals surface area (Å²) < 4.78 is 21.4. The molecule has 1 aliphatic rings. The molecule has 32 heavy (non-hydrogen) atoms. The smallest absolute Gasteiger partial charge is 0.270 e. The molecule has 2 aromatic rings. The first kappa shape index (κ1) is 22.9. The third-order valence-electron chi connectivity index (χ3n) is 4.73. The molecule has 2 aromatic carbocycles. The maximum atomic E-state index is 12.8. The first-order valence-electron chi connectivity index (χ1n) is 9.45. The van der Waals surface area contributed by atoms with Crippen molar-refractivity contribution < 1.29 is 23.7 Å². The Hall–Kier alpha value is -3.76. The molecule has 0 bridgehead atoms. The summed E-state index contributed by atoms with van der Waals surface area (Å²) >= 11 is 5.26. The van der Waals surface area contributed by atoms with E-state index in [1.165, 1.54) is 26.3 Å². The predicted octanol–water partition coefficient (Wildman–Crippen LogP) is 2.24. The van der Waals surface area contributed by atoms with Gasteiger partial charge in [-0.15, -0.1) is 0 Å². The number of nitrogens with zero attached hydrogens (tertiary/aromatic N) is 1. The minimum atomic E-state index is -0.367. The van der Waals surface area contributed by atoms with E-state index >= 15 is 0 Å². The van der Waals surface area contributed by atoms with Crippen LogP contribution in [0.15, 0.2) is 48.0 Å². The number of benzene rings is 2. The zero-order valence-corrected chi connectivity index (χ0v) is 18.9. The Balaban J connectivity index is 2.12. The number of amides is 1. The van der Waals surface area contributed by atoms with Gasteiger partial charge in [0.1, 0.15) is 5.75 Å². The largest absolute Gasteiger partial charge is 0.497 e. The second-order valence-electron chi connectivity index (χ2n) is 6.54. The van der Waals surface area contributed by atoms with Crippen LogP contribution in [0.3, 0.4) is 0 Å². The number of hydrazine groups is 2. The van der Waals surface area contributed by atoms with Crippen molar-refractivity contribution in [3.8, 4) is 23.0 Å². The molecular weight excluding hydrogens is 432 g/mol. The van der Waals surface area contributed by atoms with Crippen LogP contribution in [0.25, 0.3) is 11.8 Å². The van der Waals surface area contributed by atoms with Gasteiger partial charge in [0.05, 0.1) is 34.1 Å². The first-order valence-corrected chi connectivity index (χ1v) is 9.86. The molecule has 9 nitrogen and oxygen atoms in total. The zero-order chi connectivity index (χ0) is 23.3. The van der Waals surface area contributed by atoms with Gasteiger partial charge in [-0.2, -0.15) is 0 Å². The van der Waals surface area contributed by atoms with Crippen LogP contribution < -0.4 is 35.6 Å². The molecule has 0 radical (unpaired) electrons. The SMILES string of the molecule is COc1ccc(C2=C/C(=C\c3cc(OC)c(OC)c(OC)c3)C(=O)NN2C(=S)NN)cc1. The maximum Gasteiger partial charge on any atom is 0.270 e. The quantitative estimate of drug-likeness (QED) is 0.261. The van der Waals surface area contributed by atoms with Crippen molar-refractivity contribution in [3.63, 3.8) is 0 Å². The number of hydrogen-bond donors (Lipinski definition) is 3. The van der Waals surface area contributed by atoms with Gasteiger partial charge in [0.25, 0.3) is 5.91 Å². The van der Waals surface area contributed by atoms with Crippen LogP contribution in [0.1, 0.15) is 11.1 Å². The Morgan fingerprint density at radius 2 is 1.66 bits per heavy atom. The second-order valence-corrected chi connectivity index (χ2v) is 6.93. The summed E-state index contributed by atoms with van der Waals surface area (Å²) in [4.78, 5) is 12.8. The summed E-state index contributed by atoms with van der Waals surface area (Å²) in [6, 6.07) is 10.8. The molecule has 0 fully saturated rings. The van der Waals surface area contributed by atoms with Crippen LogP contribution in [0.4, 0.5) is 0 Å². The molecule has 0 saturated heterocycles. The lowest BCUT2D eigenvalue weighted by molar-refractivity contribution is -0.119. The van der Waals surface area contributed by atoms with Crippen molar-refractivity contribution in [1.82, 2.24) is 15.9 Å². The molecule has 1 aliphatic heterocycles. The van der Waals surface area contributed by atoms with Crippen molar-refractivity contribution in [2.24, 2.45) is 5.84 Å². The number of carbonyl (C=O) groups is 1. The van der Waals surface area contributed by atoms with Crippen molar-refractivity contribution >= 4 is 35.0 Å². The Kier molecular flexibility index (Phi) is 7.18. The number of methoxy groups -OCH3 is 4. The average Bonchev–Trinajstić information content (AvgIpc) is 2.83. The number of rotatable bonds is 6. The maximum absolute atomic E-state index is 12.8. The van der Waals surface area contributed by atoms with E-state index in [2.05, 4.69) is 10.9 Å². The third kappa shape index (κ3) is 4.61. The van der Waals surface area contributed by atoms with Gasteiger partial charge in [0, 0.05) is 11.1 Å². The average molecular weight is 457 g/mol. The fourth-order valence-corrected chi connectivity index (χ4v) is 3.32. The molecule has 0 saturated carbocycles. The summed E-state index contributed by atoms with van der Waals surface area (Å²) in [7, 11) is 6.18. The van der Waals surface area contributed by atoms with Gasteiger partial charge in [0.2, 0.25) is 10.9 Å². The molecule has 168 valence electrons. The van der Waals surface area contributed by atoms with Gasteiger partial charge in [-0.25, -0.2) is 10.9 Å². The molecule has 0 unspecified atom stereocenters. The number of thiocarbonyl (C=S) groups is 1. The topological polar surface area (TPSA) is 107 Å². The Morgan fingerprint density at radius 3 is 2.16 bits per heavy atom. The van der Waals surface area contributed by atoms with Gasteiger partial charge >= 0.3 is 0 Å². The highest BCUT2D eigenvalue weighted by Crippen LogP contribution is 2.39. The van der Waals surface area contributed by atoms with E-state index in [1.54, 1.807) is 31.4 Å². The van der Waals surface area contributed by atoms with Crippen molar-refractivity contribution in [2.75, 3.05) is 28.4 Å². The van der Waals surface area contributed by atoms with E-state index in [9.17, 15) is 4.79 Å². The minimum Gasteiger partial charge on any atom is -0.497 e. The summed E-state index contributed by atoms with van der Waals surface area (Å²) in [6.07, 6.45) is 3.42. The van der Waals surface area contributed by atoms with Crippen LogP contribution in [-0.2, 0) is 4.79 Å². The molecule has 4 N–H and O–H groups in total. The monoisotopic (exact) mass is 456 g/mol. The summed E-state index contributed by atoms with van der Waals surface area (Å²) in [6.45, 7) is 0. The van der Waals surface area contributed by atoms with Crippen molar-refractivity contribution in [2.45, 2.75) is 0 Å². The molecule has 3 rings (SSSR count). The first-order chi connectivity index (χ1) is 15.4. The minimum absolute atomic E-state index is 0.132. The summed E-state index contributed by atoms with van der Waals surface area (Å²) in [5.41, 5.74) is 7.63. The van der Waals surface area contributed by atoms with Gasteiger partial charge in [-0.3, -0.25) is 15.6 Å². The van der Waals surface area contributed by atoms with E-state index in [-0.39, 0.29) is 11.0 Å². The number of nitrogens with two attached hydrogens (primary N) is 1. The lowest BCUT2D eigenvalue weighted by Gasteiger charge is -2.31. The molecule has 0 spiro atoms. The fraction of sp³-hybridized carbons (Fsp3) is 0.182. The third-order valence-corrected chi connectivity index (χ3v) is 5.03. The predicted molar refractivity (Wildman–Crippen MR) is 125 cm³/mol. The van der Waals surface area contributed by atoms with E-state index in [0.717, 1.165) is 5.56 Å². The van der Waals surface area contributed by atoms with Gasteiger partial charge < -0.3 is 18.9 Å². The van der Waals surface area contributed by atoms with E-state index in [1.807, 2.05) is 24.3 Å². The molecule has 10 heteroatoms. The lowest BCUT2D eigenvalue weighted by Crippen LogP contribution is -2.53. The second kappa shape index (κ2) is 10.0. The Labute approximate surface area is 191 Å². The van der Waals surface area contributed by atoms with Crippen LogP contribution in [0, 0.1) is 0 Å². The van der Waals surface area contributed by atoms with Crippen LogP contribution >= 0.6 is 12.2 Å². The number of nitrogens with one attached hydrogen (secondary N) is 2. The highest BCUT2D eigenvalue weighted by Gasteiger charge is 2.26. The summed E-state index contributed by atoms with van der Waals surface area (Å²) in [5, 5.41) is 1.54. The Morgan fingerprint density at radius 1 is 1.03 bits per heavy atom. The van der Waals surface area contributed by atoms with Gasteiger partial charge in [0.15, 0.2) is 11.5 Å². The molecule has 0 atom stereocenters. The molecule has 1 heterocycles. The van der Waals surface area contributed by atoms with Gasteiger partial charge in [-0.05, 0) is 66.3 Å². The van der Waals surface area contributed by atoms with Crippen molar-refractivity contribution in [3.05, 3.63) is 59.2 Å². The number of ether oxygens (including phenoxy) is 4. The standard InChI is InChI=1S/C22H24N4O5S/c1-28-16-7-5-14(6-8-16)17-12-15(21(27)25-26(17)22(32)24-23)9-13-10-18(29-2)20(31-4)19(11-13)30-3/h5-12H,23H2,1-4H3,(H,24,32)(H,25,27)/b15-9+. The lowest BCUT2D eigenvalue weighted by atomic mass is 10.0. The van der Waals surface area contributed by atoms with Crippen LogP contribution in [-0.4, -0.2) is 44.5 Å². The van der Waals surface area contributed by atoms with Crippen molar-refractivity contribution in [1.29, 1.82) is 0 Å². The molecule has 1 amide bonds. The molecule has 0 aromatic heterocycles.